The van der Waals surface area contributed by atoms with Crippen LogP contribution in [0.4, 0.5) is 0 Å². The molecule has 0 spiro atoms. The standard InChI is InChI=1S/C16H16N4O2/c1-16(2)14(21)10-4-3-9(8-18)7-11(10)13(15(16)22)20-12(19)5-6-17/h3-4,7,13,15,22H,5H2,1-2H3,(H2,19,20)/t13-,15+/m1/s1. The van der Waals surface area contributed by atoms with E-state index in [0.717, 1.165) is 0 Å². The maximum Gasteiger partial charge on any atom is 0.171 e. The molecule has 0 fully saturated rings. The number of fused-ring (bicyclic) bond motifs is 1. The van der Waals surface area contributed by atoms with Crippen LogP contribution in [0.2, 0.25) is 0 Å². The van der Waals surface area contributed by atoms with Crippen molar-refractivity contribution in [3.05, 3.63) is 34.9 Å². The SMILES string of the molecule is CC1(C)C(=O)c2ccc(C#N)cc2[C@@H](N=C(N)CC#N)[C@@H]1O. The average molecular weight is 296 g/mol. The van der Waals surface area contributed by atoms with Gasteiger partial charge in [-0.2, -0.15) is 10.5 Å². The van der Waals surface area contributed by atoms with Gasteiger partial charge in [-0.1, -0.05) is 0 Å². The van der Waals surface area contributed by atoms with E-state index in [-0.39, 0.29) is 18.0 Å². The first kappa shape index (κ1) is 15.7. The third kappa shape index (κ3) is 2.45. The lowest BCUT2D eigenvalue weighted by atomic mass is 9.68. The van der Waals surface area contributed by atoms with E-state index < -0.39 is 17.6 Å². The minimum atomic E-state index is -1.08. The van der Waals surface area contributed by atoms with Crippen molar-refractivity contribution in [1.82, 2.24) is 0 Å². The Balaban J connectivity index is 2.65. The minimum Gasteiger partial charge on any atom is -0.389 e. The van der Waals surface area contributed by atoms with Crippen LogP contribution in [0.25, 0.3) is 0 Å². The molecule has 0 aromatic heterocycles. The normalized spacial score (nSPS) is 23.3. The van der Waals surface area contributed by atoms with E-state index in [1.54, 1.807) is 32.0 Å². The molecule has 1 aromatic carbocycles. The molecule has 0 aliphatic heterocycles. The van der Waals surface area contributed by atoms with Crippen LogP contribution in [0.3, 0.4) is 0 Å². The van der Waals surface area contributed by atoms with Gasteiger partial charge in [0.25, 0.3) is 0 Å². The minimum absolute atomic E-state index is 0.0646. The largest absolute Gasteiger partial charge is 0.389 e. The van der Waals surface area contributed by atoms with E-state index in [4.69, 9.17) is 16.3 Å². The third-order valence-electron chi connectivity index (χ3n) is 3.93. The first-order valence-corrected chi connectivity index (χ1v) is 6.79. The van der Waals surface area contributed by atoms with Gasteiger partial charge in [0.15, 0.2) is 5.78 Å². The molecule has 6 heteroatoms. The summed E-state index contributed by atoms with van der Waals surface area (Å²) >= 11 is 0. The molecule has 0 unspecified atom stereocenters. The Morgan fingerprint density at radius 2 is 2.14 bits per heavy atom. The molecule has 1 aliphatic rings. The number of nitrogens with zero attached hydrogens (tertiary/aromatic N) is 3. The summed E-state index contributed by atoms with van der Waals surface area (Å²) in [5, 5.41) is 28.3. The molecule has 1 aromatic rings. The molecule has 2 rings (SSSR count). The number of carbonyl (C=O) groups excluding carboxylic acids is 1. The van der Waals surface area contributed by atoms with Gasteiger partial charge >= 0.3 is 0 Å². The Bertz CT molecular complexity index is 737. The maximum atomic E-state index is 12.5. The summed E-state index contributed by atoms with van der Waals surface area (Å²) in [6.07, 6.45) is -1.15. The van der Waals surface area contributed by atoms with Gasteiger partial charge in [0.2, 0.25) is 0 Å². The second-order valence-corrected chi connectivity index (χ2v) is 5.81. The highest BCUT2D eigenvalue weighted by atomic mass is 16.3. The highest BCUT2D eigenvalue weighted by molar-refractivity contribution is 6.03. The molecule has 1 aliphatic carbocycles. The van der Waals surface area contributed by atoms with Gasteiger partial charge < -0.3 is 10.8 Å². The van der Waals surface area contributed by atoms with Crippen molar-refractivity contribution in [3.8, 4) is 12.1 Å². The first-order valence-electron chi connectivity index (χ1n) is 6.79. The maximum absolute atomic E-state index is 12.5. The number of carbonyl (C=O) groups is 1. The van der Waals surface area contributed by atoms with Crippen molar-refractivity contribution >= 4 is 11.6 Å². The number of ketones is 1. The van der Waals surface area contributed by atoms with Gasteiger partial charge in [0.1, 0.15) is 11.9 Å². The van der Waals surface area contributed by atoms with Gasteiger partial charge in [-0.25, -0.2) is 0 Å². The molecule has 0 heterocycles. The third-order valence-corrected chi connectivity index (χ3v) is 3.93. The zero-order valence-electron chi connectivity index (χ0n) is 12.4. The van der Waals surface area contributed by atoms with E-state index in [1.807, 2.05) is 12.1 Å². The van der Waals surface area contributed by atoms with Crippen LogP contribution in [0.15, 0.2) is 23.2 Å². The predicted octanol–water partition coefficient (Wildman–Crippen LogP) is 1.45. The van der Waals surface area contributed by atoms with Crippen molar-refractivity contribution in [2.45, 2.75) is 32.4 Å². The Labute approximate surface area is 128 Å². The number of aliphatic hydroxyl groups excluding tert-OH is 1. The molecular weight excluding hydrogens is 280 g/mol. The van der Waals surface area contributed by atoms with E-state index in [0.29, 0.717) is 16.7 Å². The van der Waals surface area contributed by atoms with E-state index in [9.17, 15) is 9.90 Å². The summed E-state index contributed by atoms with van der Waals surface area (Å²) in [5.74, 6) is -0.116. The van der Waals surface area contributed by atoms with Crippen LogP contribution in [0.1, 0.15) is 47.8 Å². The highest BCUT2D eigenvalue weighted by Crippen LogP contribution is 2.43. The zero-order chi connectivity index (χ0) is 16.5. The van der Waals surface area contributed by atoms with Gasteiger partial charge in [-0.3, -0.25) is 9.79 Å². The number of aliphatic hydroxyl groups is 1. The molecule has 0 radical (unpaired) electrons. The Morgan fingerprint density at radius 3 is 2.73 bits per heavy atom. The number of nitriles is 2. The molecule has 0 saturated carbocycles. The number of hydrogen-bond acceptors (Lipinski definition) is 5. The summed E-state index contributed by atoms with van der Waals surface area (Å²) < 4.78 is 0. The number of benzene rings is 1. The fourth-order valence-electron chi connectivity index (χ4n) is 2.58. The summed E-state index contributed by atoms with van der Waals surface area (Å²) in [5.41, 5.74) is 5.93. The van der Waals surface area contributed by atoms with Crippen molar-refractivity contribution < 1.29 is 9.90 Å². The molecule has 22 heavy (non-hydrogen) atoms. The molecular formula is C16H16N4O2. The predicted molar refractivity (Wildman–Crippen MR) is 79.9 cm³/mol. The lowest BCUT2D eigenvalue weighted by Crippen LogP contribution is -2.45. The lowest BCUT2D eigenvalue weighted by Gasteiger charge is -2.39. The van der Waals surface area contributed by atoms with Gasteiger partial charge in [-0.15, -0.1) is 0 Å². The first-order chi connectivity index (χ1) is 10.3. The molecule has 0 bridgehead atoms. The second kappa shape index (κ2) is 5.59. The number of Topliss-reactive ketones (excluding diaryl/α,β-unsaturated/α-hetero) is 1. The summed E-state index contributed by atoms with van der Waals surface area (Å²) in [6.45, 7) is 3.29. The fourth-order valence-corrected chi connectivity index (χ4v) is 2.58. The van der Waals surface area contributed by atoms with Crippen LogP contribution >= 0.6 is 0 Å². The highest BCUT2D eigenvalue weighted by Gasteiger charge is 2.47. The summed E-state index contributed by atoms with van der Waals surface area (Å²) in [6, 6.07) is 7.80. The summed E-state index contributed by atoms with van der Waals surface area (Å²) in [7, 11) is 0. The fraction of sp³-hybridized carbons (Fsp3) is 0.375. The number of hydrogen-bond donors (Lipinski definition) is 2. The molecule has 2 atom stereocenters. The van der Waals surface area contributed by atoms with Gasteiger partial charge in [0.05, 0.1) is 35.6 Å². The monoisotopic (exact) mass is 296 g/mol. The molecule has 0 amide bonds. The van der Waals surface area contributed by atoms with Crippen LogP contribution in [-0.2, 0) is 0 Å². The second-order valence-electron chi connectivity index (χ2n) is 5.81. The number of nitrogens with two attached hydrogens (primary N) is 1. The van der Waals surface area contributed by atoms with E-state index in [1.165, 1.54) is 0 Å². The van der Waals surface area contributed by atoms with Crippen molar-refractivity contribution in [2.75, 3.05) is 0 Å². The van der Waals surface area contributed by atoms with E-state index in [2.05, 4.69) is 4.99 Å². The number of rotatable bonds is 2. The number of amidine groups is 1. The molecule has 0 saturated heterocycles. The molecule has 6 nitrogen and oxygen atoms in total. The van der Waals surface area contributed by atoms with Crippen molar-refractivity contribution in [1.29, 1.82) is 10.5 Å². The van der Waals surface area contributed by atoms with Gasteiger partial charge in [-0.05, 0) is 37.6 Å². The number of aliphatic imine (C=N–C) groups is 1. The topological polar surface area (TPSA) is 123 Å². The average Bonchev–Trinajstić information content (AvgIpc) is 2.49. The van der Waals surface area contributed by atoms with Gasteiger partial charge in [0, 0.05) is 5.56 Å². The lowest BCUT2D eigenvalue weighted by molar-refractivity contribution is 0.0213. The summed E-state index contributed by atoms with van der Waals surface area (Å²) in [4.78, 5) is 16.7. The Morgan fingerprint density at radius 1 is 1.45 bits per heavy atom. The van der Waals surface area contributed by atoms with Crippen LogP contribution < -0.4 is 5.73 Å². The van der Waals surface area contributed by atoms with Crippen LogP contribution in [-0.4, -0.2) is 22.8 Å². The Hall–Kier alpha value is -2.70. The smallest absolute Gasteiger partial charge is 0.171 e. The Kier molecular flexibility index (Phi) is 3.99. The zero-order valence-corrected chi connectivity index (χ0v) is 12.4. The van der Waals surface area contributed by atoms with Crippen LogP contribution in [0.5, 0.6) is 0 Å². The van der Waals surface area contributed by atoms with E-state index >= 15 is 0 Å². The quantitative estimate of drug-likeness (QED) is 0.631. The molecule has 112 valence electrons. The van der Waals surface area contributed by atoms with Crippen molar-refractivity contribution in [3.63, 3.8) is 0 Å². The van der Waals surface area contributed by atoms with Crippen LogP contribution in [0, 0.1) is 28.1 Å². The molecule has 3 N–H and O–H groups in total. The van der Waals surface area contributed by atoms with Crippen molar-refractivity contribution in [2.24, 2.45) is 16.1 Å².